The second kappa shape index (κ2) is 11.1. The Balaban J connectivity index is 1.57. The van der Waals surface area contributed by atoms with E-state index in [9.17, 15) is 13.2 Å². The van der Waals surface area contributed by atoms with Gasteiger partial charge in [0.2, 0.25) is 5.91 Å². The Kier molecular flexibility index (Phi) is 7.86. The van der Waals surface area contributed by atoms with Crippen LogP contribution < -0.4 is 19.5 Å². The van der Waals surface area contributed by atoms with Crippen molar-refractivity contribution in [3.8, 4) is 5.75 Å². The van der Waals surface area contributed by atoms with Crippen LogP contribution in [0.4, 0.5) is 5.69 Å². The fourth-order valence-electron chi connectivity index (χ4n) is 4.47. The maximum Gasteiger partial charge on any atom is 0.326 e. The molecule has 0 aliphatic carbocycles. The van der Waals surface area contributed by atoms with Crippen LogP contribution in [-0.2, 0) is 21.5 Å². The second-order valence-electron chi connectivity index (χ2n) is 9.36. The Bertz CT molecular complexity index is 1460. The summed E-state index contributed by atoms with van der Waals surface area (Å²) in [5.74, 6) is 0.438. The predicted molar refractivity (Wildman–Crippen MR) is 149 cm³/mol. The van der Waals surface area contributed by atoms with Gasteiger partial charge in [0.15, 0.2) is 0 Å². The molecule has 0 atom stereocenters. The van der Waals surface area contributed by atoms with Crippen LogP contribution in [0.5, 0.6) is 5.75 Å². The number of nitrogens with zero attached hydrogens (tertiary/aromatic N) is 2. The first-order valence-corrected chi connectivity index (χ1v) is 13.7. The third kappa shape index (κ3) is 6.41. The highest BCUT2D eigenvalue weighted by Crippen LogP contribution is 2.27. The largest absolute Gasteiger partial charge is 0.490 e. The number of nitrogens with one attached hydrogen (secondary N) is 3. The number of nitrogens with two attached hydrogens (primary N) is 1. The number of amides is 1. The van der Waals surface area contributed by atoms with E-state index in [0.29, 0.717) is 28.4 Å². The van der Waals surface area contributed by atoms with Gasteiger partial charge in [-0.1, -0.05) is 24.3 Å². The van der Waals surface area contributed by atoms with Crippen LogP contribution in [0, 0.1) is 10.8 Å². The van der Waals surface area contributed by atoms with Gasteiger partial charge in [-0.15, -0.1) is 0 Å². The molecule has 200 valence electrons. The van der Waals surface area contributed by atoms with Gasteiger partial charge in [-0.3, -0.25) is 15.6 Å². The number of rotatable bonds is 8. The Morgan fingerprint density at radius 3 is 2.29 bits per heavy atom. The van der Waals surface area contributed by atoms with Gasteiger partial charge in [0, 0.05) is 38.4 Å². The summed E-state index contributed by atoms with van der Waals surface area (Å²) in [6.07, 6.45) is 1.62. The zero-order valence-corrected chi connectivity index (χ0v) is 22.2. The molecule has 4 rings (SSSR count). The van der Waals surface area contributed by atoms with Crippen molar-refractivity contribution < 1.29 is 17.9 Å². The van der Waals surface area contributed by atoms with Crippen LogP contribution in [0.2, 0.25) is 0 Å². The van der Waals surface area contributed by atoms with Gasteiger partial charge >= 0.3 is 10.2 Å². The summed E-state index contributed by atoms with van der Waals surface area (Å²) < 4.78 is 35.6. The zero-order valence-electron chi connectivity index (χ0n) is 21.4. The molecule has 0 bridgehead atoms. The smallest absolute Gasteiger partial charge is 0.326 e. The van der Waals surface area contributed by atoms with Crippen LogP contribution in [-0.4, -0.2) is 50.1 Å². The first kappa shape index (κ1) is 26.9. The molecule has 0 spiro atoms. The van der Waals surface area contributed by atoms with E-state index in [1.165, 1.54) is 0 Å². The molecule has 1 fully saturated rings. The predicted octanol–water partition coefficient (Wildman–Crippen LogP) is 3.35. The molecular formula is C27H32N6O4S. The molecule has 0 aromatic heterocycles. The van der Waals surface area contributed by atoms with Crippen LogP contribution in [0.25, 0.3) is 10.8 Å². The van der Waals surface area contributed by atoms with Crippen LogP contribution in [0.1, 0.15) is 37.8 Å². The number of benzene rings is 3. The number of amidine groups is 2. The lowest BCUT2D eigenvalue weighted by Crippen LogP contribution is -2.42. The number of fused-ring (bicyclic) bond motifs is 1. The SMILES string of the molecule is CC(=N)N1CCC(Oc2ccc(N(Cc3ccc4ccc(C(=N)N)cc4c3)S(=O)(=O)NC(C)=O)cc2)CC1. The molecule has 1 amide bonds. The number of hydrogen-bond acceptors (Lipinski definition) is 6. The first-order chi connectivity index (χ1) is 18.0. The fraction of sp³-hybridized carbons (Fsp3) is 0.296. The average molecular weight is 537 g/mol. The highest BCUT2D eigenvalue weighted by molar-refractivity contribution is 7.91. The number of carbonyl (C=O) groups is 1. The quantitative estimate of drug-likeness (QED) is 0.256. The Labute approximate surface area is 222 Å². The lowest BCUT2D eigenvalue weighted by molar-refractivity contribution is -0.117. The minimum absolute atomic E-state index is 0.0214. The van der Waals surface area contributed by atoms with Crippen molar-refractivity contribution in [3.05, 3.63) is 71.8 Å². The van der Waals surface area contributed by atoms with E-state index in [0.717, 1.165) is 47.9 Å². The van der Waals surface area contributed by atoms with Crippen LogP contribution >= 0.6 is 0 Å². The molecule has 1 heterocycles. The first-order valence-electron chi connectivity index (χ1n) is 12.3. The maximum atomic E-state index is 13.1. The Morgan fingerprint density at radius 1 is 1.03 bits per heavy atom. The summed E-state index contributed by atoms with van der Waals surface area (Å²) in [5, 5.41) is 17.2. The average Bonchev–Trinajstić information content (AvgIpc) is 2.87. The van der Waals surface area contributed by atoms with Gasteiger partial charge in [0.05, 0.1) is 18.1 Å². The number of carbonyl (C=O) groups excluding carboxylic acids is 1. The Hall–Kier alpha value is -4.12. The fourth-order valence-corrected chi connectivity index (χ4v) is 5.66. The molecule has 11 heteroatoms. The molecule has 3 aromatic rings. The van der Waals surface area contributed by atoms with Gasteiger partial charge in [-0.2, -0.15) is 8.42 Å². The molecule has 0 saturated carbocycles. The number of anilines is 1. The number of ether oxygens (including phenoxy) is 1. The van der Waals surface area contributed by atoms with Crippen molar-refractivity contribution >= 4 is 44.2 Å². The molecular weight excluding hydrogens is 504 g/mol. The van der Waals surface area contributed by atoms with Crippen molar-refractivity contribution in [1.29, 1.82) is 10.8 Å². The second-order valence-corrected chi connectivity index (χ2v) is 11.0. The van der Waals surface area contributed by atoms with E-state index in [4.69, 9.17) is 21.3 Å². The Morgan fingerprint density at radius 2 is 1.68 bits per heavy atom. The number of likely N-dealkylation sites (tertiary alicyclic amines) is 1. The monoisotopic (exact) mass is 536 g/mol. The van der Waals surface area contributed by atoms with E-state index in [1.54, 1.807) is 43.3 Å². The normalized spacial score (nSPS) is 14.2. The van der Waals surface area contributed by atoms with Gasteiger partial charge in [0.25, 0.3) is 0 Å². The van der Waals surface area contributed by atoms with Crippen molar-refractivity contribution in [2.24, 2.45) is 5.73 Å². The van der Waals surface area contributed by atoms with Crippen molar-refractivity contribution in [2.45, 2.75) is 39.3 Å². The minimum Gasteiger partial charge on any atom is -0.490 e. The lowest BCUT2D eigenvalue weighted by atomic mass is 10.0. The minimum atomic E-state index is -4.19. The van der Waals surface area contributed by atoms with Gasteiger partial charge in [0.1, 0.15) is 17.7 Å². The van der Waals surface area contributed by atoms with E-state index < -0.39 is 16.1 Å². The molecule has 1 saturated heterocycles. The number of piperidine rings is 1. The van der Waals surface area contributed by atoms with Crippen molar-refractivity contribution in [1.82, 2.24) is 9.62 Å². The topological polar surface area (TPSA) is 153 Å². The molecule has 1 aliphatic rings. The van der Waals surface area contributed by atoms with Gasteiger partial charge < -0.3 is 15.4 Å². The highest BCUT2D eigenvalue weighted by Gasteiger charge is 2.25. The van der Waals surface area contributed by atoms with Crippen LogP contribution in [0.15, 0.2) is 60.7 Å². The number of nitrogen functional groups attached to an aromatic ring is 1. The molecule has 1 aliphatic heterocycles. The standard InChI is InChI=1S/C27H32N6O4S/c1-18(28)32-13-11-26(12-14-32)37-25-9-7-24(8-10-25)33(38(35,36)31-19(2)34)17-20-3-4-21-5-6-22(27(29)30)16-23(21)15-20/h3-10,15-16,26,28H,11-14,17H2,1-2H3,(H3,29,30)(H,31,34). The summed E-state index contributed by atoms with van der Waals surface area (Å²) in [6.45, 7) is 4.44. The summed E-state index contributed by atoms with van der Waals surface area (Å²) >= 11 is 0. The zero-order chi connectivity index (χ0) is 27.4. The lowest BCUT2D eigenvalue weighted by Gasteiger charge is -2.33. The van der Waals surface area contributed by atoms with Gasteiger partial charge in [-0.05, 0) is 59.7 Å². The van der Waals surface area contributed by atoms with E-state index >= 15 is 0 Å². The summed E-state index contributed by atoms with van der Waals surface area (Å²) in [6, 6.07) is 17.7. The molecule has 10 nitrogen and oxygen atoms in total. The molecule has 5 N–H and O–H groups in total. The van der Waals surface area contributed by atoms with Gasteiger partial charge in [-0.25, -0.2) is 9.03 Å². The molecule has 0 unspecified atom stereocenters. The van der Waals surface area contributed by atoms with E-state index in [-0.39, 0.29) is 18.5 Å². The summed E-state index contributed by atoms with van der Waals surface area (Å²) in [5.41, 5.74) is 7.27. The van der Waals surface area contributed by atoms with Crippen molar-refractivity contribution in [3.63, 3.8) is 0 Å². The van der Waals surface area contributed by atoms with E-state index in [2.05, 4.69) is 4.72 Å². The third-order valence-corrected chi connectivity index (χ3v) is 7.91. The molecule has 0 radical (unpaired) electrons. The third-order valence-electron chi connectivity index (χ3n) is 6.45. The summed E-state index contributed by atoms with van der Waals surface area (Å²) in [4.78, 5) is 13.7. The molecule has 3 aromatic carbocycles. The van der Waals surface area contributed by atoms with E-state index in [1.807, 2.05) is 29.2 Å². The van der Waals surface area contributed by atoms with Crippen LogP contribution in [0.3, 0.4) is 0 Å². The van der Waals surface area contributed by atoms with Crippen molar-refractivity contribution in [2.75, 3.05) is 17.4 Å². The highest BCUT2D eigenvalue weighted by atomic mass is 32.2. The summed E-state index contributed by atoms with van der Waals surface area (Å²) in [7, 11) is -4.19. The number of hydrogen-bond donors (Lipinski definition) is 4. The molecule has 38 heavy (non-hydrogen) atoms. The maximum absolute atomic E-state index is 13.1.